The standard InChI is InChI=1S/C10H20N2O/c1-7(9(12)13-5)6-8(11)10(2,3)4/h6H,11-12H2,1-5H3/b8-6-,9-7+. The lowest BCUT2D eigenvalue weighted by Crippen LogP contribution is -2.17. The molecule has 0 radical (unpaired) electrons. The van der Waals surface area contributed by atoms with Gasteiger partial charge < -0.3 is 16.2 Å². The lowest BCUT2D eigenvalue weighted by Gasteiger charge is -2.19. The molecule has 0 rings (SSSR count). The van der Waals surface area contributed by atoms with Gasteiger partial charge >= 0.3 is 0 Å². The quantitative estimate of drug-likeness (QED) is 0.507. The first kappa shape index (κ1) is 11.9. The first-order valence-corrected chi connectivity index (χ1v) is 4.27. The highest BCUT2D eigenvalue weighted by molar-refractivity contribution is 5.24. The van der Waals surface area contributed by atoms with Crippen LogP contribution >= 0.6 is 0 Å². The Balaban J connectivity index is 4.77. The van der Waals surface area contributed by atoms with Gasteiger partial charge in [0.15, 0.2) is 5.88 Å². The summed E-state index contributed by atoms with van der Waals surface area (Å²) in [4.78, 5) is 0. The van der Waals surface area contributed by atoms with Crippen LogP contribution in [-0.4, -0.2) is 7.11 Å². The molecular weight excluding hydrogens is 164 g/mol. The Morgan fingerprint density at radius 1 is 1.23 bits per heavy atom. The lowest BCUT2D eigenvalue weighted by atomic mass is 9.91. The van der Waals surface area contributed by atoms with Gasteiger partial charge in [0, 0.05) is 16.7 Å². The molecule has 3 heteroatoms. The van der Waals surface area contributed by atoms with Gasteiger partial charge in [0.1, 0.15) is 0 Å². The highest BCUT2D eigenvalue weighted by Crippen LogP contribution is 2.21. The third-order valence-corrected chi connectivity index (χ3v) is 1.85. The largest absolute Gasteiger partial charge is 0.482 e. The van der Waals surface area contributed by atoms with E-state index in [1.807, 2.05) is 13.0 Å². The first-order valence-electron chi connectivity index (χ1n) is 4.27. The van der Waals surface area contributed by atoms with Gasteiger partial charge in [-0.25, -0.2) is 0 Å². The zero-order valence-corrected chi connectivity index (χ0v) is 9.14. The average Bonchev–Trinajstić information content (AvgIpc) is 2.01. The van der Waals surface area contributed by atoms with E-state index in [1.165, 1.54) is 0 Å². The molecule has 0 unspecified atom stereocenters. The predicted molar refractivity (Wildman–Crippen MR) is 55.6 cm³/mol. The molecule has 0 saturated carbocycles. The minimum atomic E-state index is -0.0325. The third-order valence-electron chi connectivity index (χ3n) is 1.85. The summed E-state index contributed by atoms with van der Waals surface area (Å²) in [7, 11) is 1.54. The number of hydrogen-bond donors (Lipinski definition) is 2. The topological polar surface area (TPSA) is 61.3 Å². The molecule has 4 N–H and O–H groups in total. The predicted octanol–water partition coefficient (Wildman–Crippen LogP) is 1.71. The van der Waals surface area contributed by atoms with Gasteiger partial charge in [-0.05, 0) is 13.0 Å². The summed E-state index contributed by atoms with van der Waals surface area (Å²) < 4.78 is 4.88. The summed E-state index contributed by atoms with van der Waals surface area (Å²) in [5.41, 5.74) is 13.0. The van der Waals surface area contributed by atoms with Crippen LogP contribution in [0.3, 0.4) is 0 Å². The smallest absolute Gasteiger partial charge is 0.186 e. The molecular formula is C10H20N2O. The Morgan fingerprint density at radius 2 is 1.69 bits per heavy atom. The van der Waals surface area contributed by atoms with Crippen LogP contribution in [0.1, 0.15) is 27.7 Å². The Morgan fingerprint density at radius 3 is 2.00 bits per heavy atom. The van der Waals surface area contributed by atoms with Gasteiger partial charge in [-0.3, -0.25) is 0 Å². The second kappa shape index (κ2) is 4.21. The Labute approximate surface area is 80.4 Å². The fourth-order valence-corrected chi connectivity index (χ4v) is 0.682. The van der Waals surface area contributed by atoms with E-state index >= 15 is 0 Å². The van der Waals surface area contributed by atoms with Crippen molar-refractivity contribution in [1.82, 2.24) is 0 Å². The molecule has 13 heavy (non-hydrogen) atoms. The summed E-state index contributed by atoms with van der Waals surface area (Å²) in [5.74, 6) is 0.409. The van der Waals surface area contributed by atoms with Crippen molar-refractivity contribution >= 4 is 0 Å². The van der Waals surface area contributed by atoms with Crippen LogP contribution in [0.25, 0.3) is 0 Å². The molecule has 0 fully saturated rings. The van der Waals surface area contributed by atoms with Crippen molar-refractivity contribution in [2.45, 2.75) is 27.7 Å². The van der Waals surface area contributed by atoms with Crippen molar-refractivity contribution in [1.29, 1.82) is 0 Å². The lowest BCUT2D eigenvalue weighted by molar-refractivity contribution is 0.284. The van der Waals surface area contributed by atoms with E-state index in [0.29, 0.717) is 5.88 Å². The minimum Gasteiger partial charge on any atom is -0.482 e. The zero-order valence-electron chi connectivity index (χ0n) is 9.14. The first-order chi connectivity index (χ1) is 5.79. The van der Waals surface area contributed by atoms with Crippen molar-refractivity contribution in [3.05, 3.63) is 23.2 Å². The summed E-state index contributed by atoms with van der Waals surface area (Å²) in [6, 6.07) is 0. The molecule has 76 valence electrons. The normalized spacial score (nSPS) is 15.3. The minimum absolute atomic E-state index is 0.0325. The van der Waals surface area contributed by atoms with Crippen molar-refractivity contribution in [3.8, 4) is 0 Å². The van der Waals surface area contributed by atoms with Crippen LogP contribution in [0.2, 0.25) is 0 Å². The van der Waals surface area contributed by atoms with E-state index in [0.717, 1.165) is 11.3 Å². The molecule has 0 spiro atoms. The van der Waals surface area contributed by atoms with Crippen LogP contribution in [-0.2, 0) is 4.74 Å². The molecule has 0 saturated heterocycles. The van der Waals surface area contributed by atoms with Crippen LogP contribution in [0.4, 0.5) is 0 Å². The van der Waals surface area contributed by atoms with Crippen molar-refractivity contribution in [2.75, 3.05) is 7.11 Å². The number of nitrogens with two attached hydrogens (primary N) is 2. The maximum atomic E-state index is 5.86. The molecule has 0 aliphatic heterocycles. The van der Waals surface area contributed by atoms with Gasteiger partial charge in [-0.2, -0.15) is 0 Å². The van der Waals surface area contributed by atoms with E-state index in [9.17, 15) is 0 Å². The Hall–Kier alpha value is -1.12. The van der Waals surface area contributed by atoms with Crippen molar-refractivity contribution < 1.29 is 4.74 Å². The molecule has 3 nitrogen and oxygen atoms in total. The number of methoxy groups -OCH3 is 1. The van der Waals surface area contributed by atoms with Gasteiger partial charge in [-0.15, -0.1) is 0 Å². The molecule has 0 aliphatic rings. The molecule has 0 aromatic rings. The SMILES string of the molecule is CO/C(N)=C(C)/C=C(\N)C(C)(C)C. The summed E-state index contributed by atoms with van der Waals surface area (Å²) in [6.45, 7) is 8.02. The molecule has 0 aliphatic carbocycles. The molecule has 0 amide bonds. The number of ether oxygens (including phenoxy) is 1. The Bertz CT molecular complexity index is 234. The molecule has 0 aromatic heterocycles. The molecule has 0 bridgehead atoms. The van der Waals surface area contributed by atoms with E-state index in [4.69, 9.17) is 16.2 Å². The summed E-state index contributed by atoms with van der Waals surface area (Å²) in [6.07, 6.45) is 1.85. The second-order valence-electron chi connectivity index (χ2n) is 4.10. The number of rotatable bonds is 2. The average molecular weight is 184 g/mol. The number of allylic oxidation sites excluding steroid dienone is 3. The maximum absolute atomic E-state index is 5.86. The molecule has 0 atom stereocenters. The van der Waals surface area contributed by atoms with Crippen LogP contribution < -0.4 is 11.5 Å². The van der Waals surface area contributed by atoms with Gasteiger partial charge in [0.05, 0.1) is 7.11 Å². The van der Waals surface area contributed by atoms with E-state index in [1.54, 1.807) is 7.11 Å². The van der Waals surface area contributed by atoms with Gasteiger partial charge in [0.25, 0.3) is 0 Å². The van der Waals surface area contributed by atoms with Crippen LogP contribution in [0.5, 0.6) is 0 Å². The van der Waals surface area contributed by atoms with Gasteiger partial charge in [0.2, 0.25) is 0 Å². The fraction of sp³-hybridized carbons (Fsp3) is 0.600. The monoisotopic (exact) mass is 184 g/mol. The fourth-order valence-electron chi connectivity index (χ4n) is 0.682. The van der Waals surface area contributed by atoms with Crippen molar-refractivity contribution in [3.63, 3.8) is 0 Å². The van der Waals surface area contributed by atoms with E-state index < -0.39 is 0 Å². The Kier molecular flexibility index (Phi) is 3.85. The zero-order chi connectivity index (χ0) is 10.6. The maximum Gasteiger partial charge on any atom is 0.186 e. The van der Waals surface area contributed by atoms with Gasteiger partial charge in [-0.1, -0.05) is 20.8 Å². The summed E-state index contributed by atoms with van der Waals surface area (Å²) >= 11 is 0. The molecule has 0 aromatic carbocycles. The van der Waals surface area contributed by atoms with E-state index in [-0.39, 0.29) is 5.41 Å². The molecule has 0 heterocycles. The van der Waals surface area contributed by atoms with Crippen molar-refractivity contribution in [2.24, 2.45) is 16.9 Å². The third kappa shape index (κ3) is 3.87. The second-order valence-corrected chi connectivity index (χ2v) is 4.10. The van der Waals surface area contributed by atoms with E-state index in [2.05, 4.69) is 20.8 Å². The summed E-state index contributed by atoms with van der Waals surface area (Å²) in [5, 5.41) is 0. The van der Waals surface area contributed by atoms with Crippen LogP contribution in [0.15, 0.2) is 23.2 Å². The highest BCUT2D eigenvalue weighted by Gasteiger charge is 2.13. The number of hydrogen-bond acceptors (Lipinski definition) is 3. The van der Waals surface area contributed by atoms with Crippen LogP contribution in [0, 0.1) is 5.41 Å². The highest BCUT2D eigenvalue weighted by atomic mass is 16.5.